The van der Waals surface area contributed by atoms with E-state index in [0.29, 0.717) is 0 Å². The predicted molar refractivity (Wildman–Crippen MR) is 28.9 cm³/mol. The van der Waals surface area contributed by atoms with Crippen molar-refractivity contribution in [1.29, 1.82) is 0 Å². The molecule has 0 aromatic heterocycles. The second-order valence-corrected chi connectivity index (χ2v) is 0. The maximum atomic E-state index is 0. The Morgan fingerprint density at radius 1 is 0.300 bits per heavy atom. The van der Waals surface area contributed by atoms with E-state index in [1.807, 2.05) is 0 Å². The zero-order valence-corrected chi connectivity index (χ0v) is 8.77. The molecular weight excluding hydrogens is 304 g/mol. The van der Waals surface area contributed by atoms with Crippen LogP contribution < -0.4 is 12.4 Å². The van der Waals surface area contributed by atoms with E-state index in [0.717, 1.165) is 0 Å². The molecule has 0 amide bonds. The van der Waals surface area contributed by atoms with E-state index in [4.69, 9.17) is 0 Å². The molecule has 0 heterocycles. The summed E-state index contributed by atoms with van der Waals surface area (Å²) in [6.45, 7) is 0. The molecule has 8 nitrogen and oxygen atoms in total. The smallest absolute Gasteiger partial charge is 1.00 e. The molecule has 0 aliphatic heterocycles. The summed E-state index contributed by atoms with van der Waals surface area (Å²) in [7, 11) is 0. The molecular formula is H16CeClO8+2. The monoisotopic (exact) mass is 319 g/mol. The average molecular weight is 320 g/mol. The molecule has 10 heavy (non-hydrogen) atoms. The van der Waals surface area contributed by atoms with Gasteiger partial charge in [0.15, 0.2) is 0 Å². The molecule has 0 bridgehead atoms. The molecule has 0 rings (SSSR count). The quantitative estimate of drug-likeness (QED) is 0.403. The number of halogens is 1. The van der Waals surface area contributed by atoms with Gasteiger partial charge in [-0.1, -0.05) is 0 Å². The number of hydrogen-bond donors (Lipinski definition) is 0. The van der Waals surface area contributed by atoms with Crippen LogP contribution in [0.3, 0.4) is 0 Å². The van der Waals surface area contributed by atoms with Crippen LogP contribution in [-0.4, -0.2) is 43.8 Å². The van der Waals surface area contributed by atoms with Gasteiger partial charge in [0.2, 0.25) is 0 Å². The molecule has 73 valence electrons. The summed E-state index contributed by atoms with van der Waals surface area (Å²) in [5, 5.41) is 0. The predicted octanol–water partition coefficient (Wildman–Crippen LogP) is -9.59. The summed E-state index contributed by atoms with van der Waals surface area (Å²) < 4.78 is 0. The fraction of sp³-hybridized carbons (Fsp3) is 0. The minimum Gasteiger partial charge on any atom is -1.00 e. The van der Waals surface area contributed by atoms with Gasteiger partial charge >= 0.3 is 41.7 Å². The fourth-order valence-electron chi connectivity index (χ4n) is 0. The molecule has 10 heteroatoms. The van der Waals surface area contributed by atoms with Crippen molar-refractivity contribution in [1.82, 2.24) is 0 Å². The van der Waals surface area contributed by atoms with Crippen LogP contribution in [-0.2, 0) is 0 Å². The molecule has 0 fully saturated rings. The second kappa shape index (κ2) is 498. The van der Waals surface area contributed by atoms with Crippen molar-refractivity contribution >= 4 is 0 Å². The maximum Gasteiger partial charge on any atom is 3.00 e. The second-order valence-electron chi connectivity index (χ2n) is 0. The minimum atomic E-state index is 0. The van der Waals surface area contributed by atoms with Crippen molar-refractivity contribution in [2.24, 2.45) is 0 Å². The van der Waals surface area contributed by atoms with Crippen molar-refractivity contribution < 1.29 is 98.0 Å². The average Bonchev–Trinajstić information content (AvgIpc) is 0. The summed E-state index contributed by atoms with van der Waals surface area (Å²) in [6, 6.07) is 0. The van der Waals surface area contributed by atoms with Crippen LogP contribution in [0.4, 0.5) is 0 Å². The minimum absolute atomic E-state index is 0. The summed E-state index contributed by atoms with van der Waals surface area (Å²) in [5.74, 6) is 0. The van der Waals surface area contributed by atoms with Crippen LogP contribution in [0.5, 0.6) is 0 Å². The molecule has 16 N–H and O–H groups in total. The van der Waals surface area contributed by atoms with Crippen LogP contribution in [0.15, 0.2) is 0 Å². The molecule has 0 saturated carbocycles. The third kappa shape index (κ3) is 359. The Morgan fingerprint density at radius 3 is 0.300 bits per heavy atom. The Bertz CT molecular complexity index is 9.22. The first-order chi connectivity index (χ1) is 0. The van der Waals surface area contributed by atoms with Crippen LogP contribution in [0, 0.1) is 41.7 Å². The first kappa shape index (κ1) is 670. The molecule has 0 aliphatic rings. The van der Waals surface area contributed by atoms with E-state index < -0.39 is 0 Å². The molecule has 0 spiro atoms. The van der Waals surface area contributed by atoms with Crippen LogP contribution in [0.1, 0.15) is 0 Å². The molecule has 0 aliphatic carbocycles. The fourth-order valence-corrected chi connectivity index (χ4v) is 0. The largest absolute Gasteiger partial charge is 3.00 e. The standard InChI is InChI=1S/Ce.ClH.8H2O/h;1H;8*1H2/q+3;;;;;;;;;/p-1. The zero-order valence-electron chi connectivity index (χ0n) is 4.88. The van der Waals surface area contributed by atoms with Gasteiger partial charge < -0.3 is 56.2 Å². The van der Waals surface area contributed by atoms with Crippen LogP contribution in [0.2, 0.25) is 0 Å². The van der Waals surface area contributed by atoms with Crippen LogP contribution in [0.25, 0.3) is 0 Å². The Labute approximate surface area is 97.3 Å². The van der Waals surface area contributed by atoms with Gasteiger partial charge in [-0.2, -0.15) is 0 Å². The van der Waals surface area contributed by atoms with Gasteiger partial charge in [-0.25, -0.2) is 0 Å². The Balaban J connectivity index is 0. The van der Waals surface area contributed by atoms with Gasteiger partial charge in [0.25, 0.3) is 0 Å². The topological polar surface area (TPSA) is 252 Å². The Morgan fingerprint density at radius 2 is 0.300 bits per heavy atom. The van der Waals surface area contributed by atoms with Crippen molar-refractivity contribution in [2.45, 2.75) is 0 Å². The van der Waals surface area contributed by atoms with Gasteiger partial charge in [0.1, 0.15) is 0 Å². The first-order valence-electron chi connectivity index (χ1n) is 0. The number of hydrogen-bond acceptors (Lipinski definition) is 0. The van der Waals surface area contributed by atoms with Crippen LogP contribution >= 0.6 is 0 Å². The summed E-state index contributed by atoms with van der Waals surface area (Å²) in [4.78, 5) is 0. The van der Waals surface area contributed by atoms with Gasteiger partial charge in [0, 0.05) is 0 Å². The molecule has 0 atom stereocenters. The van der Waals surface area contributed by atoms with Gasteiger partial charge in [-0.3, -0.25) is 0 Å². The zero-order chi connectivity index (χ0) is 0. The Hall–Kier alpha value is 1.35. The summed E-state index contributed by atoms with van der Waals surface area (Å²) in [6.07, 6.45) is 0. The van der Waals surface area contributed by atoms with E-state index in [1.165, 1.54) is 0 Å². The van der Waals surface area contributed by atoms with Gasteiger partial charge in [-0.05, 0) is 0 Å². The third-order valence-electron chi connectivity index (χ3n) is 0. The van der Waals surface area contributed by atoms with E-state index in [9.17, 15) is 0 Å². The van der Waals surface area contributed by atoms with Crippen molar-refractivity contribution in [3.63, 3.8) is 0 Å². The van der Waals surface area contributed by atoms with Crippen molar-refractivity contribution in [3.8, 4) is 0 Å². The molecule has 0 unspecified atom stereocenters. The normalized spacial score (nSPS) is 0. The summed E-state index contributed by atoms with van der Waals surface area (Å²) >= 11 is 0. The SMILES string of the molecule is O.O.O.O.O.O.O.O.[Ce+3].[Cl-]. The first-order valence-corrected chi connectivity index (χ1v) is 0. The van der Waals surface area contributed by atoms with E-state index in [1.54, 1.807) is 0 Å². The molecule has 0 aromatic carbocycles. The third-order valence-corrected chi connectivity index (χ3v) is 0. The van der Waals surface area contributed by atoms with E-state index in [-0.39, 0.29) is 98.0 Å². The van der Waals surface area contributed by atoms with Crippen molar-refractivity contribution in [2.75, 3.05) is 0 Å². The Kier molecular flexibility index (Phi) is 33400. The molecule has 0 saturated heterocycles. The maximum absolute atomic E-state index is 0. The van der Waals surface area contributed by atoms with E-state index in [2.05, 4.69) is 0 Å². The summed E-state index contributed by atoms with van der Waals surface area (Å²) in [5.41, 5.74) is 0. The van der Waals surface area contributed by atoms with Crippen molar-refractivity contribution in [3.05, 3.63) is 0 Å². The van der Waals surface area contributed by atoms with Gasteiger partial charge in [-0.15, -0.1) is 0 Å². The van der Waals surface area contributed by atoms with Gasteiger partial charge in [0.05, 0.1) is 0 Å². The molecule has 1 radical (unpaired) electrons. The van der Waals surface area contributed by atoms with E-state index >= 15 is 0 Å². The molecule has 0 aromatic rings. The number of rotatable bonds is 0.